The van der Waals surface area contributed by atoms with Gasteiger partial charge in [-0.05, 0) is 0 Å². The first-order valence-electron chi connectivity index (χ1n) is 3.52. The molecule has 1 radical (unpaired) electrons. The fraction of sp³-hybridized carbons (Fsp3) is 0.833. The molecule has 0 spiro atoms. The predicted octanol–water partition coefficient (Wildman–Crippen LogP) is 0.694. The van der Waals surface area contributed by atoms with E-state index in [1.165, 1.54) is 6.92 Å². The third kappa shape index (κ3) is 9.08. The van der Waals surface area contributed by atoms with Crippen LogP contribution in [0.4, 0.5) is 0 Å². The first-order chi connectivity index (χ1) is 4.83. The standard InChI is InChI=1S/C2H4O2.4CH3.H2O.O.2Sn/c1-2(3)4;;;;;;;;/h1H3,(H,3,4);4*1H3;1H2;;;/q;;;;;;;;+1/p-1. The fourth-order valence-corrected chi connectivity index (χ4v) is 25.4. The van der Waals surface area contributed by atoms with Crippen LogP contribution in [-0.2, 0) is 9.28 Å². The maximum Gasteiger partial charge on any atom is -0.412 e. The molecule has 0 aliphatic heterocycles. The van der Waals surface area contributed by atoms with Gasteiger partial charge in [0.05, 0.1) is 0 Å². The molecule has 0 bridgehead atoms. The van der Waals surface area contributed by atoms with E-state index in [4.69, 9.17) is 4.49 Å². The van der Waals surface area contributed by atoms with Gasteiger partial charge in [-0.25, -0.2) is 0 Å². The average Bonchev–Trinajstić information content (AvgIpc) is 1.53. The van der Waals surface area contributed by atoms with Crippen LogP contribution in [0, 0.1) is 0 Å². The summed E-state index contributed by atoms with van der Waals surface area (Å²) < 4.78 is 10.9. The van der Waals surface area contributed by atoms with Crippen LogP contribution in [0.15, 0.2) is 0 Å². The molecule has 4 nitrogen and oxygen atoms in total. The largest absolute Gasteiger partial charge is 0.412 e. The van der Waals surface area contributed by atoms with Crippen molar-refractivity contribution in [1.82, 2.24) is 0 Å². The van der Waals surface area contributed by atoms with Gasteiger partial charge in [-0.2, -0.15) is 0 Å². The first kappa shape index (κ1) is 15.5. The van der Waals surface area contributed by atoms with E-state index in [1.54, 1.807) is 0 Å². The Morgan fingerprint density at radius 2 is 1.75 bits per heavy atom. The molecule has 0 aromatic rings. The van der Waals surface area contributed by atoms with E-state index in [-0.39, 0.29) is 11.4 Å². The number of carbonyl (C=O) groups excluding carboxylic acids is 1. The molecule has 0 saturated heterocycles. The van der Waals surface area contributed by atoms with Crippen LogP contribution in [0.1, 0.15) is 6.92 Å². The molecule has 73 valence electrons. The van der Waals surface area contributed by atoms with Crippen LogP contribution in [0.25, 0.3) is 0 Å². The molecule has 0 saturated carbocycles. The van der Waals surface area contributed by atoms with Crippen LogP contribution >= 0.6 is 0 Å². The zero-order valence-electron chi connectivity index (χ0n) is 8.22. The van der Waals surface area contributed by atoms with Gasteiger partial charge < -0.3 is 5.48 Å². The van der Waals surface area contributed by atoms with E-state index in [0.29, 0.717) is 0 Å². The SMILES string of the molecule is CC(=O)[O][Sn]([CH3])([CH3])[O][Sn]([CH3])[CH3].O. The second kappa shape index (κ2) is 6.44. The maximum atomic E-state index is 10.6. The van der Waals surface area contributed by atoms with E-state index in [0.717, 1.165) is 0 Å². The van der Waals surface area contributed by atoms with Gasteiger partial charge in [0.15, 0.2) is 0 Å². The summed E-state index contributed by atoms with van der Waals surface area (Å²) in [5, 5.41) is 0. The van der Waals surface area contributed by atoms with Crippen molar-refractivity contribution in [3.05, 3.63) is 0 Å². The van der Waals surface area contributed by atoms with Crippen molar-refractivity contribution in [2.24, 2.45) is 0 Å². The summed E-state index contributed by atoms with van der Waals surface area (Å²) in [4.78, 5) is 18.9. The van der Waals surface area contributed by atoms with Crippen LogP contribution in [-0.4, -0.2) is 50.8 Å². The molecular weight excluding hydrogens is 373 g/mol. The minimum atomic E-state index is -2.79. The smallest absolute Gasteiger partial charge is 0.412 e. The second-order valence-corrected chi connectivity index (χ2v) is 21.3. The van der Waals surface area contributed by atoms with Crippen molar-refractivity contribution >= 4 is 45.3 Å². The monoisotopic (exact) mass is 393 g/mol. The van der Waals surface area contributed by atoms with Crippen molar-refractivity contribution < 1.29 is 14.8 Å². The molecular formula is C6H17O4Sn2. The van der Waals surface area contributed by atoms with Gasteiger partial charge >= 0.3 is 81.3 Å². The topological polar surface area (TPSA) is 67.0 Å². The van der Waals surface area contributed by atoms with E-state index in [1.807, 2.05) is 9.88 Å². The maximum absolute atomic E-state index is 10.6. The molecule has 0 aromatic carbocycles. The quantitative estimate of drug-likeness (QED) is 0.666. The zero-order valence-corrected chi connectivity index (χ0v) is 13.9. The Hall–Kier alpha value is 0.987. The molecule has 0 unspecified atom stereocenters. The van der Waals surface area contributed by atoms with Crippen LogP contribution in [0.2, 0.25) is 19.8 Å². The third-order valence-corrected chi connectivity index (χ3v) is 22.9. The Bertz CT molecular complexity index is 146. The second-order valence-electron chi connectivity index (χ2n) is 3.00. The molecule has 12 heavy (non-hydrogen) atoms. The molecule has 0 aromatic heterocycles. The van der Waals surface area contributed by atoms with Crippen molar-refractivity contribution in [1.29, 1.82) is 0 Å². The summed E-state index contributed by atoms with van der Waals surface area (Å²) in [6, 6.07) is 0. The van der Waals surface area contributed by atoms with Crippen LogP contribution in [0.5, 0.6) is 0 Å². The third-order valence-electron chi connectivity index (χ3n) is 0.839. The zero-order chi connectivity index (χ0) is 9.07. The van der Waals surface area contributed by atoms with Gasteiger partial charge in [0.1, 0.15) is 0 Å². The van der Waals surface area contributed by atoms with Crippen molar-refractivity contribution in [2.45, 2.75) is 26.7 Å². The Balaban J connectivity index is 0. The Morgan fingerprint density at radius 1 is 1.33 bits per heavy atom. The summed E-state index contributed by atoms with van der Waals surface area (Å²) in [7, 11) is 0. The summed E-state index contributed by atoms with van der Waals surface area (Å²) in [5.41, 5.74) is 0. The molecule has 0 aliphatic rings. The normalized spacial score (nSPS) is 10.8. The average molecular weight is 391 g/mol. The number of carbonyl (C=O) groups is 1. The van der Waals surface area contributed by atoms with Crippen molar-refractivity contribution in [2.75, 3.05) is 0 Å². The minimum absolute atomic E-state index is 0. The minimum Gasteiger partial charge on any atom is -0.412 e. The molecule has 2 N–H and O–H groups in total. The Labute approximate surface area is 86.2 Å². The van der Waals surface area contributed by atoms with E-state index in [9.17, 15) is 4.79 Å². The summed E-state index contributed by atoms with van der Waals surface area (Å²) in [6.07, 6.45) is 0. The van der Waals surface area contributed by atoms with E-state index in [2.05, 4.69) is 9.88 Å². The van der Waals surface area contributed by atoms with Gasteiger partial charge in [0, 0.05) is 0 Å². The molecule has 0 fully saturated rings. The van der Waals surface area contributed by atoms with Crippen molar-refractivity contribution in [3.63, 3.8) is 0 Å². The van der Waals surface area contributed by atoms with Crippen molar-refractivity contribution in [3.8, 4) is 0 Å². The Kier molecular flexibility index (Phi) is 8.30. The van der Waals surface area contributed by atoms with Gasteiger partial charge in [-0.15, -0.1) is 0 Å². The van der Waals surface area contributed by atoms with Gasteiger partial charge in [-0.3, -0.25) is 0 Å². The van der Waals surface area contributed by atoms with E-state index >= 15 is 0 Å². The fourth-order valence-electron chi connectivity index (χ4n) is 0.859. The molecule has 0 heterocycles. The van der Waals surface area contributed by atoms with Crippen LogP contribution < -0.4 is 0 Å². The summed E-state index contributed by atoms with van der Waals surface area (Å²) in [6.45, 7) is 1.44. The predicted molar refractivity (Wildman–Crippen MR) is 51.4 cm³/mol. The summed E-state index contributed by atoms with van der Waals surface area (Å²) in [5.74, 6) is -0.199. The molecule has 0 amide bonds. The van der Waals surface area contributed by atoms with Gasteiger partial charge in [0.2, 0.25) is 0 Å². The molecule has 0 atom stereocenters. The number of hydrogen-bond donors (Lipinski definition) is 0. The number of hydrogen-bond acceptors (Lipinski definition) is 3. The van der Waals surface area contributed by atoms with Gasteiger partial charge in [0.25, 0.3) is 0 Å². The van der Waals surface area contributed by atoms with Gasteiger partial charge in [-0.1, -0.05) is 0 Å². The molecule has 0 rings (SSSR count). The number of rotatable bonds is 3. The van der Waals surface area contributed by atoms with E-state index < -0.39 is 39.4 Å². The molecule has 0 aliphatic carbocycles. The molecule has 6 heteroatoms. The first-order valence-corrected chi connectivity index (χ1v) is 18.4. The Morgan fingerprint density at radius 3 is 2.00 bits per heavy atom. The van der Waals surface area contributed by atoms with Crippen LogP contribution in [0.3, 0.4) is 0 Å². The summed E-state index contributed by atoms with van der Waals surface area (Å²) >= 11 is -4.33.